The lowest BCUT2D eigenvalue weighted by Gasteiger charge is -2.10. The van der Waals surface area contributed by atoms with Gasteiger partial charge >= 0.3 is 0 Å². The van der Waals surface area contributed by atoms with E-state index in [9.17, 15) is 9.18 Å². The Morgan fingerprint density at radius 1 is 1.32 bits per heavy atom. The number of halogens is 3. The van der Waals surface area contributed by atoms with E-state index in [2.05, 4.69) is 15.9 Å². The van der Waals surface area contributed by atoms with Crippen LogP contribution in [0.25, 0.3) is 0 Å². The van der Waals surface area contributed by atoms with Gasteiger partial charge in [-0.2, -0.15) is 0 Å². The fourth-order valence-electron chi connectivity index (χ4n) is 1.56. The van der Waals surface area contributed by atoms with E-state index in [0.717, 1.165) is 5.56 Å². The van der Waals surface area contributed by atoms with Crippen LogP contribution in [0.1, 0.15) is 15.9 Å². The predicted octanol–water partition coefficient (Wildman–Crippen LogP) is 4.63. The highest BCUT2D eigenvalue weighted by Crippen LogP contribution is 2.28. The molecular formula is C14H9BrClFO2. The van der Waals surface area contributed by atoms with Crippen LogP contribution in [0.15, 0.2) is 40.9 Å². The Morgan fingerprint density at radius 3 is 2.79 bits per heavy atom. The first kappa shape index (κ1) is 14.0. The van der Waals surface area contributed by atoms with Gasteiger partial charge in [-0.1, -0.05) is 23.7 Å². The van der Waals surface area contributed by atoms with Gasteiger partial charge in [-0.15, -0.1) is 0 Å². The second kappa shape index (κ2) is 6.17. The zero-order valence-electron chi connectivity index (χ0n) is 9.70. The number of aldehydes is 1. The van der Waals surface area contributed by atoms with Gasteiger partial charge in [0.1, 0.15) is 18.2 Å². The molecule has 0 aromatic heterocycles. The van der Waals surface area contributed by atoms with Gasteiger partial charge in [-0.05, 0) is 45.8 Å². The number of rotatable bonds is 4. The highest BCUT2D eigenvalue weighted by molar-refractivity contribution is 9.10. The van der Waals surface area contributed by atoms with Gasteiger partial charge in [0, 0.05) is 0 Å². The van der Waals surface area contributed by atoms with Crippen LogP contribution in [0.4, 0.5) is 4.39 Å². The van der Waals surface area contributed by atoms with E-state index < -0.39 is 0 Å². The molecule has 0 aliphatic heterocycles. The van der Waals surface area contributed by atoms with E-state index >= 15 is 0 Å². The van der Waals surface area contributed by atoms with E-state index in [1.807, 2.05) is 0 Å². The predicted molar refractivity (Wildman–Crippen MR) is 75.3 cm³/mol. The lowest BCUT2D eigenvalue weighted by Crippen LogP contribution is -1.99. The molecule has 0 bridgehead atoms. The van der Waals surface area contributed by atoms with Gasteiger partial charge in [0.15, 0.2) is 6.29 Å². The monoisotopic (exact) mass is 342 g/mol. The Labute approximate surface area is 123 Å². The van der Waals surface area contributed by atoms with Crippen molar-refractivity contribution in [3.05, 3.63) is 62.8 Å². The molecule has 2 aromatic carbocycles. The summed E-state index contributed by atoms with van der Waals surface area (Å²) in [5, 5.41) is 0.366. The van der Waals surface area contributed by atoms with Crippen LogP contribution >= 0.6 is 27.5 Å². The average Bonchev–Trinajstić information content (AvgIpc) is 2.41. The van der Waals surface area contributed by atoms with Crippen LogP contribution in [-0.2, 0) is 6.61 Å². The number of para-hydroxylation sites is 1. The third-order valence-corrected chi connectivity index (χ3v) is 3.40. The minimum absolute atomic E-state index is 0.198. The maximum absolute atomic E-state index is 13.1. The second-order valence-corrected chi connectivity index (χ2v) is 5.07. The summed E-state index contributed by atoms with van der Waals surface area (Å²) >= 11 is 9.08. The van der Waals surface area contributed by atoms with Crippen molar-refractivity contribution < 1.29 is 13.9 Å². The van der Waals surface area contributed by atoms with Crippen molar-refractivity contribution in [2.45, 2.75) is 6.61 Å². The number of hydrogen-bond donors (Lipinski definition) is 0. The van der Waals surface area contributed by atoms with Gasteiger partial charge < -0.3 is 4.74 Å². The second-order valence-electron chi connectivity index (χ2n) is 3.81. The van der Waals surface area contributed by atoms with Crippen molar-refractivity contribution in [1.29, 1.82) is 0 Å². The molecule has 0 fully saturated rings. The minimum atomic E-state index is -0.338. The van der Waals surface area contributed by atoms with Gasteiger partial charge in [0.2, 0.25) is 0 Å². The summed E-state index contributed by atoms with van der Waals surface area (Å²) < 4.78 is 19.0. The van der Waals surface area contributed by atoms with E-state index in [1.165, 1.54) is 6.07 Å². The molecule has 0 N–H and O–H groups in total. The molecule has 0 amide bonds. The van der Waals surface area contributed by atoms with Crippen molar-refractivity contribution in [3.8, 4) is 5.75 Å². The molecule has 0 saturated heterocycles. The fourth-order valence-corrected chi connectivity index (χ4v) is 2.22. The smallest absolute Gasteiger partial charge is 0.153 e. The van der Waals surface area contributed by atoms with E-state index in [4.69, 9.17) is 16.3 Å². The number of carbonyl (C=O) groups excluding carboxylic acids is 1. The van der Waals surface area contributed by atoms with Crippen LogP contribution in [-0.4, -0.2) is 6.29 Å². The van der Waals surface area contributed by atoms with Crippen molar-refractivity contribution in [2.75, 3.05) is 0 Å². The van der Waals surface area contributed by atoms with Crippen LogP contribution in [0.3, 0.4) is 0 Å². The minimum Gasteiger partial charge on any atom is -0.487 e. The first-order valence-corrected chi connectivity index (χ1v) is 6.59. The normalized spacial score (nSPS) is 10.3. The van der Waals surface area contributed by atoms with Gasteiger partial charge in [0.05, 0.1) is 15.1 Å². The summed E-state index contributed by atoms with van der Waals surface area (Å²) in [6.45, 7) is 0.198. The van der Waals surface area contributed by atoms with Crippen LogP contribution in [0.2, 0.25) is 5.02 Å². The first-order chi connectivity index (χ1) is 9.11. The van der Waals surface area contributed by atoms with Crippen molar-refractivity contribution >= 4 is 33.8 Å². The molecule has 0 atom stereocenters. The number of benzene rings is 2. The maximum Gasteiger partial charge on any atom is 0.153 e. The Morgan fingerprint density at radius 2 is 2.11 bits per heavy atom. The summed E-state index contributed by atoms with van der Waals surface area (Å²) in [6.07, 6.45) is 0.682. The highest BCUT2D eigenvalue weighted by atomic mass is 79.9. The molecule has 2 aromatic rings. The summed E-state index contributed by atoms with van der Waals surface area (Å²) in [4.78, 5) is 10.9. The molecule has 0 heterocycles. The molecule has 0 saturated carbocycles. The van der Waals surface area contributed by atoms with E-state index in [1.54, 1.807) is 30.3 Å². The topological polar surface area (TPSA) is 26.3 Å². The summed E-state index contributed by atoms with van der Waals surface area (Å²) in [5.74, 6) is -0.00492. The molecule has 2 rings (SSSR count). The van der Waals surface area contributed by atoms with Gasteiger partial charge in [-0.3, -0.25) is 4.79 Å². The van der Waals surface area contributed by atoms with Crippen molar-refractivity contribution in [1.82, 2.24) is 0 Å². The zero-order valence-corrected chi connectivity index (χ0v) is 12.0. The van der Waals surface area contributed by atoms with Crippen LogP contribution in [0.5, 0.6) is 5.75 Å². The Hall–Kier alpha value is -1.39. The molecule has 0 aliphatic rings. The largest absolute Gasteiger partial charge is 0.487 e. The lowest BCUT2D eigenvalue weighted by atomic mass is 10.2. The van der Waals surface area contributed by atoms with Gasteiger partial charge in [-0.25, -0.2) is 4.39 Å². The molecular weight excluding hydrogens is 335 g/mol. The first-order valence-electron chi connectivity index (χ1n) is 5.42. The number of carbonyl (C=O) groups is 1. The third-order valence-electron chi connectivity index (χ3n) is 2.49. The quantitative estimate of drug-likeness (QED) is 0.756. The third kappa shape index (κ3) is 3.33. The van der Waals surface area contributed by atoms with Crippen molar-refractivity contribution in [3.63, 3.8) is 0 Å². The van der Waals surface area contributed by atoms with E-state index in [-0.39, 0.29) is 12.4 Å². The highest BCUT2D eigenvalue weighted by Gasteiger charge is 2.08. The molecule has 0 aliphatic carbocycles. The van der Waals surface area contributed by atoms with Crippen LogP contribution in [0, 0.1) is 5.82 Å². The van der Waals surface area contributed by atoms with Crippen LogP contribution < -0.4 is 4.74 Å². The Kier molecular flexibility index (Phi) is 4.56. The molecule has 0 spiro atoms. The average molecular weight is 344 g/mol. The summed E-state index contributed by atoms with van der Waals surface area (Å²) in [5.41, 5.74) is 1.15. The summed E-state index contributed by atoms with van der Waals surface area (Å²) in [6, 6.07) is 9.51. The van der Waals surface area contributed by atoms with E-state index in [0.29, 0.717) is 27.1 Å². The zero-order chi connectivity index (χ0) is 13.8. The SMILES string of the molecule is O=Cc1cccc(Cl)c1OCc1ccc(F)c(Br)c1. The van der Waals surface area contributed by atoms with Crippen molar-refractivity contribution in [2.24, 2.45) is 0 Å². The lowest BCUT2D eigenvalue weighted by molar-refractivity contribution is 0.111. The number of hydrogen-bond acceptors (Lipinski definition) is 2. The number of ether oxygens (including phenoxy) is 1. The molecule has 2 nitrogen and oxygen atoms in total. The molecule has 5 heteroatoms. The molecule has 0 unspecified atom stereocenters. The molecule has 19 heavy (non-hydrogen) atoms. The van der Waals surface area contributed by atoms with Gasteiger partial charge in [0.25, 0.3) is 0 Å². The standard InChI is InChI=1S/C14H9BrClFO2/c15-11-6-9(4-5-13(11)17)8-19-14-10(7-18)2-1-3-12(14)16/h1-7H,8H2. The fraction of sp³-hybridized carbons (Fsp3) is 0.0714. The Bertz CT molecular complexity index is 616. The Balaban J connectivity index is 2.18. The summed E-state index contributed by atoms with van der Waals surface area (Å²) in [7, 11) is 0. The molecule has 98 valence electrons. The molecule has 0 radical (unpaired) electrons. The maximum atomic E-state index is 13.1.